The lowest BCUT2D eigenvalue weighted by Gasteiger charge is -2.25. The average Bonchev–Trinajstić information content (AvgIpc) is 3.13. The number of amides is 1. The highest BCUT2D eigenvalue weighted by Crippen LogP contribution is 2.39. The number of esters is 1. The zero-order valence-corrected chi connectivity index (χ0v) is 21.2. The lowest BCUT2D eigenvalue weighted by Crippen LogP contribution is -2.38. The number of nitrogens with zero attached hydrogens (tertiary/aromatic N) is 1. The Morgan fingerprint density at radius 3 is 2.54 bits per heavy atom. The van der Waals surface area contributed by atoms with E-state index in [1.54, 1.807) is 25.1 Å². The van der Waals surface area contributed by atoms with E-state index in [2.05, 4.69) is 0 Å². The van der Waals surface area contributed by atoms with Crippen LogP contribution in [0.2, 0.25) is 5.02 Å². The van der Waals surface area contributed by atoms with Crippen molar-refractivity contribution in [3.63, 3.8) is 0 Å². The summed E-state index contributed by atoms with van der Waals surface area (Å²) in [6.45, 7) is 2.32. The summed E-state index contributed by atoms with van der Waals surface area (Å²) < 4.78 is 11.5. The molecule has 1 aliphatic heterocycles. The van der Waals surface area contributed by atoms with Crippen LogP contribution in [0.3, 0.4) is 0 Å². The van der Waals surface area contributed by atoms with E-state index in [1.807, 2.05) is 66.7 Å². The summed E-state index contributed by atoms with van der Waals surface area (Å²) in [4.78, 5) is 27.9. The number of rotatable bonds is 8. The molecule has 0 N–H and O–H groups in total. The molecule has 0 spiro atoms. The molecule has 1 amide bonds. The maximum atomic E-state index is 13.4. The van der Waals surface area contributed by atoms with Crippen LogP contribution >= 0.6 is 35.6 Å². The molecule has 0 aliphatic carbocycles. The van der Waals surface area contributed by atoms with Crippen molar-refractivity contribution in [3.05, 3.63) is 105 Å². The van der Waals surface area contributed by atoms with Crippen LogP contribution in [0.5, 0.6) is 5.75 Å². The zero-order valence-electron chi connectivity index (χ0n) is 18.8. The third-order valence-electron chi connectivity index (χ3n) is 5.18. The smallest absolute Gasteiger partial charge is 0.333 e. The first-order valence-corrected chi connectivity index (χ1v) is 12.5. The van der Waals surface area contributed by atoms with Crippen LogP contribution in [0.25, 0.3) is 6.08 Å². The summed E-state index contributed by atoms with van der Waals surface area (Å²) in [5, 5.41) is 0.672. The van der Waals surface area contributed by atoms with Crippen LogP contribution < -0.4 is 4.74 Å². The number of thiocarbonyl (C=S) groups is 1. The molecule has 0 saturated carbocycles. The van der Waals surface area contributed by atoms with Crippen molar-refractivity contribution in [2.75, 3.05) is 6.61 Å². The van der Waals surface area contributed by atoms with Gasteiger partial charge in [-0.2, -0.15) is 0 Å². The summed E-state index contributed by atoms with van der Waals surface area (Å²) in [6, 6.07) is 23.0. The molecule has 1 unspecified atom stereocenters. The van der Waals surface area contributed by atoms with Crippen LogP contribution in [0.1, 0.15) is 29.7 Å². The molecule has 3 aromatic carbocycles. The second kappa shape index (κ2) is 11.5. The number of hydrogen-bond donors (Lipinski definition) is 0. The molecule has 4 rings (SSSR count). The predicted octanol–water partition coefficient (Wildman–Crippen LogP) is 6.42. The lowest BCUT2D eigenvalue weighted by molar-refractivity contribution is -0.151. The summed E-state index contributed by atoms with van der Waals surface area (Å²) in [5.41, 5.74) is 2.42. The molecule has 8 heteroatoms. The molecule has 0 aromatic heterocycles. The van der Waals surface area contributed by atoms with Gasteiger partial charge in [-0.05, 0) is 54.0 Å². The van der Waals surface area contributed by atoms with E-state index in [1.165, 1.54) is 4.90 Å². The standard InChI is InChI=1S/C27H22ClNO4S2/c1-2-32-26(31)24(20-8-4-3-5-9-20)29-25(30)23(35-27(29)34)16-19-7-6-10-22(15-19)33-17-18-11-13-21(28)14-12-18/h3-16,24H,2,17H2,1H3/b23-16+. The Labute approximate surface area is 218 Å². The number of hydrogen-bond acceptors (Lipinski definition) is 6. The topological polar surface area (TPSA) is 55.8 Å². The molecule has 0 bridgehead atoms. The van der Waals surface area contributed by atoms with Gasteiger partial charge in [0.2, 0.25) is 0 Å². The predicted molar refractivity (Wildman–Crippen MR) is 143 cm³/mol. The van der Waals surface area contributed by atoms with E-state index in [9.17, 15) is 9.59 Å². The fourth-order valence-electron chi connectivity index (χ4n) is 3.54. The minimum absolute atomic E-state index is 0.204. The van der Waals surface area contributed by atoms with E-state index in [0.29, 0.717) is 32.2 Å². The zero-order chi connectivity index (χ0) is 24.8. The molecule has 178 valence electrons. The van der Waals surface area contributed by atoms with E-state index in [4.69, 9.17) is 33.3 Å². The van der Waals surface area contributed by atoms with Crippen LogP contribution in [-0.4, -0.2) is 27.7 Å². The van der Waals surface area contributed by atoms with E-state index >= 15 is 0 Å². The molecule has 1 aliphatic rings. The Hall–Kier alpha value is -3.13. The highest BCUT2D eigenvalue weighted by Gasteiger charge is 2.42. The molecule has 1 atom stereocenters. The molecule has 0 radical (unpaired) electrons. The molecular formula is C27H22ClNO4S2. The molecule has 5 nitrogen and oxygen atoms in total. The Bertz CT molecular complexity index is 1260. The Morgan fingerprint density at radius 2 is 1.83 bits per heavy atom. The van der Waals surface area contributed by atoms with E-state index in [0.717, 1.165) is 22.9 Å². The van der Waals surface area contributed by atoms with Crippen molar-refractivity contribution in [1.29, 1.82) is 0 Å². The van der Waals surface area contributed by atoms with Crippen LogP contribution in [-0.2, 0) is 20.9 Å². The third kappa shape index (κ3) is 6.11. The van der Waals surface area contributed by atoms with Crippen molar-refractivity contribution in [1.82, 2.24) is 4.90 Å². The van der Waals surface area contributed by atoms with Gasteiger partial charge in [-0.25, -0.2) is 4.79 Å². The van der Waals surface area contributed by atoms with Gasteiger partial charge in [0.25, 0.3) is 5.91 Å². The maximum Gasteiger partial charge on any atom is 0.333 e. The van der Waals surface area contributed by atoms with Crippen molar-refractivity contribution in [2.24, 2.45) is 0 Å². The summed E-state index contributed by atoms with van der Waals surface area (Å²) in [5.74, 6) is -0.193. The molecular weight excluding hydrogens is 502 g/mol. The largest absolute Gasteiger partial charge is 0.489 e. The van der Waals surface area contributed by atoms with Gasteiger partial charge in [-0.1, -0.05) is 90.2 Å². The maximum absolute atomic E-state index is 13.4. The average molecular weight is 524 g/mol. The van der Waals surface area contributed by atoms with Gasteiger partial charge < -0.3 is 9.47 Å². The van der Waals surface area contributed by atoms with Crippen molar-refractivity contribution >= 4 is 57.9 Å². The molecule has 1 heterocycles. The van der Waals surface area contributed by atoms with Crippen molar-refractivity contribution in [2.45, 2.75) is 19.6 Å². The fourth-order valence-corrected chi connectivity index (χ4v) is 4.98. The van der Waals surface area contributed by atoms with Gasteiger partial charge in [0.15, 0.2) is 6.04 Å². The number of thioether (sulfide) groups is 1. The van der Waals surface area contributed by atoms with Crippen molar-refractivity contribution < 1.29 is 19.1 Å². The lowest BCUT2D eigenvalue weighted by atomic mass is 10.1. The van der Waals surface area contributed by atoms with Gasteiger partial charge in [0.1, 0.15) is 16.7 Å². The Kier molecular flexibility index (Phi) is 8.23. The molecule has 1 saturated heterocycles. The number of benzene rings is 3. The molecule has 1 fully saturated rings. The summed E-state index contributed by atoms with van der Waals surface area (Å²) in [6.07, 6.45) is 1.75. The first-order chi connectivity index (χ1) is 17.0. The normalized spacial score (nSPS) is 15.4. The SMILES string of the molecule is CCOC(=O)C(c1ccccc1)N1C(=O)/C(=C\c2cccc(OCc3ccc(Cl)cc3)c2)SC1=S. The quantitative estimate of drug-likeness (QED) is 0.193. The van der Waals surface area contributed by atoms with Gasteiger partial charge in [-0.3, -0.25) is 9.69 Å². The van der Waals surface area contributed by atoms with Crippen molar-refractivity contribution in [3.8, 4) is 5.75 Å². The van der Waals surface area contributed by atoms with E-state index in [-0.39, 0.29) is 12.5 Å². The first kappa shape index (κ1) is 25.0. The number of carbonyl (C=O) groups excluding carboxylic acids is 2. The molecule has 3 aromatic rings. The summed E-state index contributed by atoms with van der Waals surface area (Å²) >= 11 is 12.6. The second-order valence-electron chi connectivity index (χ2n) is 7.60. The Morgan fingerprint density at radius 1 is 1.09 bits per heavy atom. The van der Waals surface area contributed by atoms with Gasteiger partial charge in [0.05, 0.1) is 11.5 Å². The van der Waals surface area contributed by atoms with Gasteiger partial charge in [0, 0.05) is 5.02 Å². The third-order valence-corrected chi connectivity index (χ3v) is 6.76. The minimum atomic E-state index is -0.941. The number of halogens is 1. The number of ether oxygens (including phenoxy) is 2. The van der Waals surface area contributed by atoms with Gasteiger partial charge in [-0.15, -0.1) is 0 Å². The number of carbonyl (C=O) groups is 2. The van der Waals surface area contributed by atoms with Crippen LogP contribution in [0.4, 0.5) is 0 Å². The second-order valence-corrected chi connectivity index (χ2v) is 9.72. The first-order valence-electron chi connectivity index (χ1n) is 10.9. The highest BCUT2D eigenvalue weighted by atomic mass is 35.5. The monoisotopic (exact) mass is 523 g/mol. The van der Waals surface area contributed by atoms with Gasteiger partial charge >= 0.3 is 5.97 Å². The minimum Gasteiger partial charge on any atom is -0.489 e. The van der Waals surface area contributed by atoms with E-state index < -0.39 is 12.0 Å². The Balaban J connectivity index is 1.54. The summed E-state index contributed by atoms with van der Waals surface area (Å²) in [7, 11) is 0. The molecule has 35 heavy (non-hydrogen) atoms. The van der Waals surface area contributed by atoms with Crippen LogP contribution in [0, 0.1) is 0 Å². The highest BCUT2D eigenvalue weighted by molar-refractivity contribution is 8.26. The fraction of sp³-hybridized carbons (Fsp3) is 0.148. The van der Waals surface area contributed by atoms with Crippen LogP contribution in [0.15, 0.2) is 83.8 Å².